The summed E-state index contributed by atoms with van der Waals surface area (Å²) >= 11 is 0. The number of halogens is 3. The standard InChI is InChI=1S/C22H17F3N4O/c23-17-6-4-14(5-7-17)15-8-9-29-19(12-26-21(29)11-15)16-2-1-3-18(10-16)28-22(30)27-13-20(24)25/h1-12,20H,13H2,(H2,27,28,30). The minimum atomic E-state index is -2.61. The van der Waals surface area contributed by atoms with Crippen LogP contribution in [0.5, 0.6) is 0 Å². The second-order valence-electron chi connectivity index (χ2n) is 6.60. The average molecular weight is 410 g/mol. The van der Waals surface area contributed by atoms with E-state index in [4.69, 9.17) is 0 Å². The molecule has 2 aromatic heterocycles. The first-order chi connectivity index (χ1) is 14.5. The van der Waals surface area contributed by atoms with Gasteiger partial charge < -0.3 is 10.6 Å². The number of hydrogen-bond acceptors (Lipinski definition) is 2. The minimum absolute atomic E-state index is 0.292. The lowest BCUT2D eigenvalue weighted by molar-refractivity contribution is 0.148. The van der Waals surface area contributed by atoms with Gasteiger partial charge in [-0.15, -0.1) is 0 Å². The third kappa shape index (κ3) is 4.27. The molecule has 4 aromatic rings. The molecule has 8 heteroatoms. The van der Waals surface area contributed by atoms with Crippen molar-refractivity contribution in [2.75, 3.05) is 11.9 Å². The Labute approximate surface area is 170 Å². The number of rotatable bonds is 5. The van der Waals surface area contributed by atoms with Crippen LogP contribution in [0, 0.1) is 5.82 Å². The molecule has 0 spiro atoms. The highest BCUT2D eigenvalue weighted by Crippen LogP contribution is 2.27. The van der Waals surface area contributed by atoms with Crippen LogP contribution in [0.3, 0.4) is 0 Å². The van der Waals surface area contributed by atoms with Crippen LogP contribution < -0.4 is 10.6 Å². The predicted octanol–water partition coefficient (Wildman–Crippen LogP) is 5.19. The summed E-state index contributed by atoms with van der Waals surface area (Å²) in [5.41, 5.74) is 4.56. The number of fused-ring (bicyclic) bond motifs is 1. The lowest BCUT2D eigenvalue weighted by Crippen LogP contribution is -2.32. The highest BCUT2D eigenvalue weighted by Gasteiger charge is 2.10. The van der Waals surface area contributed by atoms with E-state index in [0.29, 0.717) is 11.3 Å². The molecule has 30 heavy (non-hydrogen) atoms. The molecule has 152 valence electrons. The molecule has 0 aliphatic carbocycles. The number of nitrogens with one attached hydrogen (secondary N) is 2. The van der Waals surface area contributed by atoms with Gasteiger partial charge in [0.1, 0.15) is 11.5 Å². The number of anilines is 1. The minimum Gasteiger partial charge on any atom is -0.332 e. The Morgan fingerprint density at radius 1 is 1.00 bits per heavy atom. The van der Waals surface area contributed by atoms with Crippen molar-refractivity contribution in [3.8, 4) is 22.4 Å². The summed E-state index contributed by atoms with van der Waals surface area (Å²) in [6, 6.07) is 16.4. The first-order valence-corrected chi connectivity index (χ1v) is 9.16. The number of hydrogen-bond donors (Lipinski definition) is 2. The number of imidazole rings is 1. The fourth-order valence-corrected chi connectivity index (χ4v) is 3.12. The largest absolute Gasteiger partial charge is 0.332 e. The topological polar surface area (TPSA) is 58.4 Å². The number of carbonyl (C=O) groups excluding carboxylic acids is 1. The number of amides is 2. The fourth-order valence-electron chi connectivity index (χ4n) is 3.12. The molecule has 0 bridgehead atoms. The second kappa shape index (κ2) is 8.28. The van der Waals surface area contributed by atoms with E-state index in [0.717, 1.165) is 22.4 Å². The number of urea groups is 1. The highest BCUT2D eigenvalue weighted by atomic mass is 19.3. The van der Waals surface area contributed by atoms with Gasteiger partial charge >= 0.3 is 6.03 Å². The lowest BCUT2D eigenvalue weighted by Gasteiger charge is -2.09. The Morgan fingerprint density at radius 3 is 2.57 bits per heavy atom. The Kier molecular flexibility index (Phi) is 5.38. The van der Waals surface area contributed by atoms with Crippen molar-refractivity contribution < 1.29 is 18.0 Å². The first-order valence-electron chi connectivity index (χ1n) is 9.16. The molecule has 0 fully saturated rings. The van der Waals surface area contributed by atoms with Gasteiger partial charge in [-0.25, -0.2) is 22.9 Å². The van der Waals surface area contributed by atoms with Crippen molar-refractivity contribution in [3.05, 3.63) is 78.9 Å². The van der Waals surface area contributed by atoms with E-state index in [9.17, 15) is 18.0 Å². The van der Waals surface area contributed by atoms with Gasteiger partial charge in [-0.1, -0.05) is 24.3 Å². The molecule has 2 heterocycles. The predicted molar refractivity (Wildman–Crippen MR) is 109 cm³/mol. The zero-order chi connectivity index (χ0) is 21.1. The maximum Gasteiger partial charge on any atom is 0.319 e. The van der Waals surface area contributed by atoms with Gasteiger partial charge in [-0.05, 0) is 47.5 Å². The van der Waals surface area contributed by atoms with Crippen LogP contribution in [0.2, 0.25) is 0 Å². The van der Waals surface area contributed by atoms with E-state index in [2.05, 4.69) is 15.6 Å². The second-order valence-corrected chi connectivity index (χ2v) is 6.60. The average Bonchev–Trinajstić information content (AvgIpc) is 3.16. The number of aromatic nitrogens is 2. The Morgan fingerprint density at radius 2 is 1.80 bits per heavy atom. The Bertz CT molecular complexity index is 1190. The summed E-state index contributed by atoms with van der Waals surface area (Å²) in [5.74, 6) is -0.292. The quantitative estimate of drug-likeness (QED) is 0.476. The van der Waals surface area contributed by atoms with E-state index in [1.165, 1.54) is 12.1 Å². The van der Waals surface area contributed by atoms with E-state index in [1.54, 1.807) is 36.5 Å². The maximum absolute atomic E-state index is 13.2. The summed E-state index contributed by atoms with van der Waals surface area (Å²) in [6.07, 6.45) is 0.964. The fraction of sp³-hybridized carbons (Fsp3) is 0.0909. The highest BCUT2D eigenvalue weighted by molar-refractivity contribution is 5.90. The summed E-state index contributed by atoms with van der Waals surface area (Å²) in [4.78, 5) is 16.2. The van der Waals surface area contributed by atoms with Crippen LogP contribution in [0.4, 0.5) is 23.7 Å². The van der Waals surface area contributed by atoms with Crippen LogP contribution in [-0.4, -0.2) is 28.4 Å². The van der Waals surface area contributed by atoms with Gasteiger partial charge in [-0.3, -0.25) is 4.40 Å². The van der Waals surface area contributed by atoms with Crippen LogP contribution >= 0.6 is 0 Å². The number of nitrogens with zero attached hydrogens (tertiary/aromatic N) is 2. The molecule has 0 aliphatic heterocycles. The zero-order valence-electron chi connectivity index (χ0n) is 15.6. The maximum atomic E-state index is 13.2. The molecule has 0 saturated heterocycles. The number of carbonyl (C=O) groups is 1. The molecule has 0 radical (unpaired) electrons. The molecule has 4 rings (SSSR count). The molecular weight excluding hydrogens is 393 g/mol. The van der Waals surface area contributed by atoms with Crippen LogP contribution in [0.1, 0.15) is 0 Å². The van der Waals surface area contributed by atoms with Gasteiger partial charge in [-0.2, -0.15) is 0 Å². The third-order valence-corrected chi connectivity index (χ3v) is 4.52. The molecule has 0 atom stereocenters. The van der Waals surface area contributed by atoms with Crippen molar-refractivity contribution >= 4 is 17.4 Å². The molecule has 2 N–H and O–H groups in total. The monoisotopic (exact) mass is 410 g/mol. The summed E-state index contributed by atoms with van der Waals surface area (Å²) in [7, 11) is 0. The van der Waals surface area contributed by atoms with Crippen molar-refractivity contribution in [2.45, 2.75) is 6.43 Å². The van der Waals surface area contributed by atoms with E-state index >= 15 is 0 Å². The Hall–Kier alpha value is -3.81. The molecular formula is C22H17F3N4O. The molecule has 5 nitrogen and oxygen atoms in total. The van der Waals surface area contributed by atoms with Crippen molar-refractivity contribution in [1.29, 1.82) is 0 Å². The van der Waals surface area contributed by atoms with Crippen LogP contribution in [0.15, 0.2) is 73.1 Å². The Balaban J connectivity index is 1.59. The third-order valence-electron chi connectivity index (χ3n) is 4.52. The molecule has 0 unspecified atom stereocenters. The first kappa shape index (κ1) is 19.5. The smallest absolute Gasteiger partial charge is 0.319 e. The lowest BCUT2D eigenvalue weighted by atomic mass is 10.1. The molecule has 2 amide bonds. The van der Waals surface area contributed by atoms with Crippen molar-refractivity contribution in [2.24, 2.45) is 0 Å². The van der Waals surface area contributed by atoms with Gasteiger partial charge in [0.2, 0.25) is 0 Å². The summed E-state index contributed by atoms with van der Waals surface area (Å²) in [6.45, 7) is -0.713. The van der Waals surface area contributed by atoms with E-state index in [1.807, 2.05) is 28.8 Å². The number of pyridine rings is 1. The SMILES string of the molecule is O=C(NCC(F)F)Nc1cccc(-c2cnc3cc(-c4ccc(F)cc4)ccn23)c1. The van der Waals surface area contributed by atoms with Crippen molar-refractivity contribution in [1.82, 2.24) is 14.7 Å². The van der Waals surface area contributed by atoms with E-state index in [-0.39, 0.29) is 5.82 Å². The normalized spacial score (nSPS) is 11.1. The molecule has 0 saturated carbocycles. The van der Waals surface area contributed by atoms with E-state index < -0.39 is 19.0 Å². The van der Waals surface area contributed by atoms with Gasteiger partial charge in [0.15, 0.2) is 0 Å². The summed E-state index contributed by atoms with van der Waals surface area (Å²) in [5, 5.41) is 4.64. The van der Waals surface area contributed by atoms with Gasteiger partial charge in [0.05, 0.1) is 18.4 Å². The number of alkyl halides is 2. The number of benzene rings is 2. The van der Waals surface area contributed by atoms with Crippen molar-refractivity contribution in [3.63, 3.8) is 0 Å². The zero-order valence-corrected chi connectivity index (χ0v) is 15.6. The van der Waals surface area contributed by atoms with Gasteiger partial charge in [0, 0.05) is 17.4 Å². The van der Waals surface area contributed by atoms with Crippen LogP contribution in [0.25, 0.3) is 28.0 Å². The van der Waals surface area contributed by atoms with Gasteiger partial charge in [0.25, 0.3) is 6.43 Å². The van der Waals surface area contributed by atoms with Crippen LogP contribution in [-0.2, 0) is 0 Å². The molecule has 2 aromatic carbocycles. The molecule has 0 aliphatic rings. The summed E-state index contributed by atoms with van der Waals surface area (Å²) < 4.78 is 39.5.